The fraction of sp³-hybridized carbons (Fsp3) is 0.333. The Labute approximate surface area is 107 Å². The maximum Gasteiger partial charge on any atom is 0.157 e. The third-order valence-electron chi connectivity index (χ3n) is 3.22. The molecule has 3 nitrogen and oxygen atoms in total. The van der Waals surface area contributed by atoms with Crippen molar-refractivity contribution in [3.8, 4) is 11.1 Å². The molecule has 0 spiro atoms. The zero-order valence-corrected chi connectivity index (χ0v) is 10.8. The van der Waals surface area contributed by atoms with Gasteiger partial charge < -0.3 is 0 Å². The maximum atomic E-state index is 11.8. The van der Waals surface area contributed by atoms with Crippen LogP contribution in [0.2, 0.25) is 0 Å². The second kappa shape index (κ2) is 5.63. The topological polar surface area (TPSA) is 34.9 Å². The average molecular weight is 242 g/mol. The summed E-state index contributed by atoms with van der Waals surface area (Å²) in [5.41, 5.74) is 2.17. The molecule has 0 saturated heterocycles. The summed E-state index contributed by atoms with van der Waals surface area (Å²) in [6.07, 6.45) is 4.61. The minimum atomic E-state index is 0.106. The van der Waals surface area contributed by atoms with Gasteiger partial charge in [0.2, 0.25) is 0 Å². The van der Waals surface area contributed by atoms with Crippen LogP contribution in [0.15, 0.2) is 42.7 Å². The SMILES string of the molecule is CCC(C)C(=O)Cn1cc(-c2ccccc2)cn1. The standard InChI is InChI=1S/C15H18N2O/c1-3-12(2)15(18)11-17-10-14(9-16-17)13-7-5-4-6-8-13/h4-10,12H,3,11H2,1-2H3. The number of aromatic nitrogens is 2. The summed E-state index contributed by atoms with van der Waals surface area (Å²) < 4.78 is 1.72. The van der Waals surface area contributed by atoms with E-state index in [-0.39, 0.29) is 11.7 Å². The van der Waals surface area contributed by atoms with Crippen molar-refractivity contribution >= 4 is 5.78 Å². The predicted octanol–water partition coefficient (Wildman–Crippen LogP) is 3.17. The molecular formula is C15H18N2O. The smallest absolute Gasteiger partial charge is 0.157 e. The van der Waals surface area contributed by atoms with Crippen molar-refractivity contribution in [3.05, 3.63) is 42.7 Å². The summed E-state index contributed by atoms with van der Waals surface area (Å²) in [6, 6.07) is 10.1. The number of carbonyl (C=O) groups is 1. The molecule has 1 aromatic heterocycles. The summed E-state index contributed by atoms with van der Waals surface area (Å²) in [5.74, 6) is 0.342. The number of rotatable bonds is 5. The first-order chi connectivity index (χ1) is 8.70. The summed E-state index contributed by atoms with van der Waals surface area (Å²) in [6.45, 7) is 4.35. The van der Waals surface area contributed by atoms with Crippen LogP contribution in [-0.2, 0) is 11.3 Å². The zero-order valence-electron chi connectivity index (χ0n) is 10.8. The molecule has 94 valence electrons. The highest BCUT2D eigenvalue weighted by atomic mass is 16.1. The summed E-state index contributed by atoms with van der Waals surface area (Å²) >= 11 is 0. The lowest BCUT2D eigenvalue weighted by Crippen LogP contribution is -2.17. The monoisotopic (exact) mass is 242 g/mol. The minimum Gasteiger partial charge on any atom is -0.297 e. The van der Waals surface area contributed by atoms with Gasteiger partial charge in [-0.2, -0.15) is 5.10 Å². The molecule has 1 atom stereocenters. The number of hydrogen-bond acceptors (Lipinski definition) is 2. The van der Waals surface area contributed by atoms with Crippen molar-refractivity contribution in [2.24, 2.45) is 5.92 Å². The normalized spacial score (nSPS) is 12.3. The minimum absolute atomic E-state index is 0.106. The van der Waals surface area contributed by atoms with Gasteiger partial charge in [-0.15, -0.1) is 0 Å². The van der Waals surface area contributed by atoms with E-state index in [1.807, 2.05) is 50.4 Å². The highest BCUT2D eigenvalue weighted by Gasteiger charge is 2.12. The summed E-state index contributed by atoms with van der Waals surface area (Å²) in [7, 11) is 0. The van der Waals surface area contributed by atoms with Crippen LogP contribution in [0.3, 0.4) is 0 Å². The molecule has 1 unspecified atom stereocenters. The lowest BCUT2D eigenvalue weighted by atomic mass is 10.0. The van der Waals surface area contributed by atoms with Crippen LogP contribution < -0.4 is 0 Å². The van der Waals surface area contributed by atoms with Gasteiger partial charge in [-0.05, 0) is 12.0 Å². The highest BCUT2D eigenvalue weighted by Crippen LogP contribution is 2.17. The van der Waals surface area contributed by atoms with Crippen molar-refractivity contribution in [1.29, 1.82) is 0 Å². The Hall–Kier alpha value is -1.90. The van der Waals surface area contributed by atoms with Crippen LogP contribution in [0.4, 0.5) is 0 Å². The molecule has 0 N–H and O–H groups in total. The van der Waals surface area contributed by atoms with Gasteiger partial charge in [0.05, 0.1) is 12.7 Å². The third kappa shape index (κ3) is 2.86. The predicted molar refractivity (Wildman–Crippen MR) is 72.1 cm³/mol. The lowest BCUT2D eigenvalue weighted by molar-refractivity contribution is -0.123. The molecule has 1 aromatic carbocycles. The van der Waals surface area contributed by atoms with Gasteiger partial charge in [-0.3, -0.25) is 9.48 Å². The second-order valence-electron chi connectivity index (χ2n) is 4.57. The van der Waals surface area contributed by atoms with Gasteiger partial charge in [0.25, 0.3) is 0 Å². The number of carbonyl (C=O) groups excluding carboxylic acids is 1. The quantitative estimate of drug-likeness (QED) is 0.807. The van der Waals surface area contributed by atoms with Crippen molar-refractivity contribution in [1.82, 2.24) is 9.78 Å². The van der Waals surface area contributed by atoms with Gasteiger partial charge in [0.1, 0.15) is 0 Å². The van der Waals surface area contributed by atoms with Crippen molar-refractivity contribution in [2.45, 2.75) is 26.8 Å². The molecule has 0 amide bonds. The molecule has 0 aliphatic heterocycles. The van der Waals surface area contributed by atoms with Crippen molar-refractivity contribution in [3.63, 3.8) is 0 Å². The number of ketones is 1. The van der Waals surface area contributed by atoms with Gasteiger partial charge in [-0.25, -0.2) is 0 Å². The number of nitrogens with zero attached hydrogens (tertiary/aromatic N) is 2. The molecule has 0 radical (unpaired) electrons. The van der Waals surface area contributed by atoms with E-state index in [1.165, 1.54) is 0 Å². The zero-order chi connectivity index (χ0) is 13.0. The van der Waals surface area contributed by atoms with E-state index in [2.05, 4.69) is 5.10 Å². The maximum absolute atomic E-state index is 11.8. The fourth-order valence-corrected chi connectivity index (χ4v) is 1.77. The van der Waals surface area contributed by atoms with Crippen molar-refractivity contribution in [2.75, 3.05) is 0 Å². The molecule has 1 heterocycles. The Morgan fingerprint density at radius 2 is 2.00 bits per heavy atom. The number of benzene rings is 1. The summed E-state index contributed by atoms with van der Waals surface area (Å²) in [5, 5.41) is 4.25. The van der Waals surface area contributed by atoms with Crippen LogP contribution >= 0.6 is 0 Å². The first kappa shape index (κ1) is 12.6. The van der Waals surface area contributed by atoms with Crippen molar-refractivity contribution < 1.29 is 4.79 Å². The largest absolute Gasteiger partial charge is 0.297 e. The highest BCUT2D eigenvalue weighted by molar-refractivity contribution is 5.80. The Morgan fingerprint density at radius 1 is 1.28 bits per heavy atom. The molecule has 18 heavy (non-hydrogen) atoms. The second-order valence-corrected chi connectivity index (χ2v) is 4.57. The molecule has 0 aliphatic carbocycles. The lowest BCUT2D eigenvalue weighted by Gasteiger charge is -2.06. The molecule has 0 bridgehead atoms. The van der Waals surface area contributed by atoms with Crippen LogP contribution in [0.1, 0.15) is 20.3 Å². The van der Waals surface area contributed by atoms with Crippen LogP contribution in [0, 0.1) is 5.92 Å². The van der Waals surface area contributed by atoms with Crippen LogP contribution in [0.5, 0.6) is 0 Å². The van der Waals surface area contributed by atoms with E-state index in [0.717, 1.165) is 17.5 Å². The molecule has 2 aromatic rings. The Morgan fingerprint density at radius 3 is 2.67 bits per heavy atom. The van der Waals surface area contributed by atoms with E-state index in [0.29, 0.717) is 6.54 Å². The van der Waals surface area contributed by atoms with Gasteiger partial charge >= 0.3 is 0 Å². The Kier molecular flexibility index (Phi) is 3.92. The molecule has 0 fully saturated rings. The third-order valence-corrected chi connectivity index (χ3v) is 3.22. The number of Topliss-reactive ketones (excluding diaryl/α,β-unsaturated/α-hetero) is 1. The van der Waals surface area contributed by atoms with E-state index >= 15 is 0 Å². The fourth-order valence-electron chi connectivity index (χ4n) is 1.77. The van der Waals surface area contributed by atoms with E-state index in [1.54, 1.807) is 10.9 Å². The van der Waals surface area contributed by atoms with Crippen LogP contribution in [0.25, 0.3) is 11.1 Å². The van der Waals surface area contributed by atoms with Gasteiger partial charge in [0.15, 0.2) is 5.78 Å². The molecule has 2 rings (SSSR count). The van der Waals surface area contributed by atoms with E-state index in [4.69, 9.17) is 0 Å². The van der Waals surface area contributed by atoms with E-state index < -0.39 is 0 Å². The van der Waals surface area contributed by atoms with Crippen LogP contribution in [-0.4, -0.2) is 15.6 Å². The number of hydrogen-bond donors (Lipinski definition) is 0. The van der Waals surface area contributed by atoms with E-state index in [9.17, 15) is 4.79 Å². The Balaban J connectivity index is 2.10. The molecular weight excluding hydrogens is 224 g/mol. The molecule has 0 aliphatic rings. The molecule has 3 heteroatoms. The average Bonchev–Trinajstić information content (AvgIpc) is 2.87. The molecule has 0 saturated carbocycles. The van der Waals surface area contributed by atoms with Gasteiger partial charge in [-0.1, -0.05) is 44.2 Å². The van der Waals surface area contributed by atoms with Gasteiger partial charge in [0, 0.05) is 17.7 Å². The Bertz CT molecular complexity index is 516. The summed E-state index contributed by atoms with van der Waals surface area (Å²) in [4.78, 5) is 11.8. The first-order valence-electron chi connectivity index (χ1n) is 6.31. The first-order valence-corrected chi connectivity index (χ1v) is 6.31.